The number of sulfonamides is 1. The molecule has 32 heavy (non-hydrogen) atoms. The third-order valence-corrected chi connectivity index (χ3v) is 6.98. The van der Waals surface area contributed by atoms with Gasteiger partial charge in [0.25, 0.3) is 10.0 Å². The number of amidine groups is 1. The molecule has 2 aromatic carbocycles. The Kier molecular flexibility index (Phi) is 7.92. The van der Waals surface area contributed by atoms with Crippen molar-refractivity contribution in [1.82, 2.24) is 4.90 Å². The second kappa shape index (κ2) is 10.6. The topological polar surface area (TPSA) is 108 Å². The Bertz CT molecular complexity index is 1130. The normalized spacial score (nSPS) is 15.1. The number of aryl methyl sites for hydroxylation is 1. The molecule has 2 aromatic rings. The summed E-state index contributed by atoms with van der Waals surface area (Å²) in [5.74, 6) is 0.207. The van der Waals surface area contributed by atoms with E-state index in [1.807, 2.05) is 37.1 Å². The molecule has 1 saturated heterocycles. The Morgan fingerprint density at radius 2 is 1.66 bits per heavy atom. The fourth-order valence-electron chi connectivity index (χ4n) is 3.19. The molecule has 0 bridgehead atoms. The molecule has 2 N–H and O–H groups in total. The zero-order chi connectivity index (χ0) is 23.1. The van der Waals surface area contributed by atoms with Crippen molar-refractivity contribution in [2.75, 3.05) is 35.7 Å². The van der Waals surface area contributed by atoms with Gasteiger partial charge < -0.3 is 15.5 Å². The maximum Gasteiger partial charge on any atom is 0.284 e. The van der Waals surface area contributed by atoms with Crippen molar-refractivity contribution in [3.63, 3.8) is 0 Å². The number of hydrogen-bond donors (Lipinski definition) is 2. The van der Waals surface area contributed by atoms with Gasteiger partial charge in [0, 0.05) is 31.4 Å². The van der Waals surface area contributed by atoms with Crippen molar-refractivity contribution < 1.29 is 18.0 Å². The number of anilines is 2. The SMILES string of the molecule is Cc1cccc(NC(=O)CSCC(=O)Nc2cccc(S(=O)(=O)/N=C3\CCCN3C)c2)c1. The molecule has 0 unspecified atom stereocenters. The molecule has 2 amide bonds. The van der Waals surface area contributed by atoms with Crippen molar-refractivity contribution >= 4 is 50.8 Å². The van der Waals surface area contributed by atoms with Crippen LogP contribution in [0, 0.1) is 6.92 Å². The zero-order valence-corrected chi connectivity index (χ0v) is 19.6. The van der Waals surface area contributed by atoms with Crippen molar-refractivity contribution in [3.8, 4) is 0 Å². The van der Waals surface area contributed by atoms with Crippen LogP contribution < -0.4 is 10.6 Å². The van der Waals surface area contributed by atoms with E-state index in [1.54, 1.807) is 18.2 Å². The standard InChI is InChI=1S/C22H26N4O4S2/c1-16-6-3-7-17(12-16)23-21(27)14-31-15-22(28)24-18-8-4-9-19(13-18)32(29,30)25-20-10-5-11-26(20)2/h3-4,6-9,12-13H,5,10-11,14-15H2,1-2H3,(H,23,27)(H,24,28)/b25-20+. The zero-order valence-electron chi connectivity index (χ0n) is 18.0. The number of carbonyl (C=O) groups is 2. The lowest BCUT2D eigenvalue weighted by molar-refractivity contribution is -0.114. The van der Waals surface area contributed by atoms with Gasteiger partial charge in [-0.15, -0.1) is 16.2 Å². The highest BCUT2D eigenvalue weighted by molar-refractivity contribution is 8.00. The number of carbonyl (C=O) groups excluding carboxylic acids is 2. The maximum atomic E-state index is 12.6. The van der Waals surface area contributed by atoms with Crippen molar-refractivity contribution in [2.45, 2.75) is 24.7 Å². The van der Waals surface area contributed by atoms with Crippen LogP contribution in [0.25, 0.3) is 0 Å². The average molecular weight is 475 g/mol. The monoisotopic (exact) mass is 474 g/mol. The highest BCUT2D eigenvalue weighted by Crippen LogP contribution is 2.20. The summed E-state index contributed by atoms with van der Waals surface area (Å²) in [5, 5.41) is 5.46. The summed E-state index contributed by atoms with van der Waals surface area (Å²) >= 11 is 1.17. The summed E-state index contributed by atoms with van der Waals surface area (Å²) < 4.78 is 29.2. The first kappa shape index (κ1) is 23.8. The molecule has 1 fully saturated rings. The summed E-state index contributed by atoms with van der Waals surface area (Å²) in [6, 6.07) is 13.5. The maximum absolute atomic E-state index is 12.6. The van der Waals surface area contributed by atoms with Gasteiger partial charge in [-0.1, -0.05) is 18.2 Å². The Morgan fingerprint density at radius 1 is 1.03 bits per heavy atom. The van der Waals surface area contributed by atoms with Crippen molar-refractivity contribution in [1.29, 1.82) is 0 Å². The molecule has 0 aliphatic carbocycles. The molecule has 0 aromatic heterocycles. The molecule has 0 radical (unpaired) electrons. The molecule has 1 aliphatic rings. The highest BCUT2D eigenvalue weighted by Gasteiger charge is 2.20. The third-order valence-electron chi connectivity index (χ3n) is 4.74. The molecule has 10 heteroatoms. The predicted octanol–water partition coefficient (Wildman–Crippen LogP) is 3.12. The minimum atomic E-state index is -3.86. The fraction of sp³-hybridized carbons (Fsp3) is 0.318. The minimum absolute atomic E-state index is 0.0216. The molecule has 170 valence electrons. The lowest BCUT2D eigenvalue weighted by Crippen LogP contribution is -2.20. The van der Waals surface area contributed by atoms with Gasteiger partial charge in [0.2, 0.25) is 11.8 Å². The number of benzene rings is 2. The lowest BCUT2D eigenvalue weighted by atomic mass is 10.2. The number of amides is 2. The Morgan fingerprint density at radius 3 is 2.25 bits per heavy atom. The Hall–Kier alpha value is -2.85. The van der Waals surface area contributed by atoms with Gasteiger partial charge >= 0.3 is 0 Å². The van der Waals surface area contributed by atoms with Gasteiger partial charge in [-0.05, 0) is 49.2 Å². The van der Waals surface area contributed by atoms with Crippen LogP contribution in [-0.4, -0.2) is 56.1 Å². The average Bonchev–Trinajstić information content (AvgIpc) is 3.12. The second-order valence-electron chi connectivity index (χ2n) is 7.49. The molecule has 1 heterocycles. The first-order valence-corrected chi connectivity index (χ1v) is 12.7. The number of rotatable bonds is 8. The molecule has 0 saturated carbocycles. The summed E-state index contributed by atoms with van der Waals surface area (Å²) in [5.41, 5.74) is 2.12. The molecular formula is C22H26N4O4S2. The van der Waals surface area contributed by atoms with Crippen molar-refractivity contribution in [3.05, 3.63) is 54.1 Å². The summed E-state index contributed by atoms with van der Waals surface area (Å²) in [6.45, 7) is 2.72. The summed E-state index contributed by atoms with van der Waals surface area (Å²) in [4.78, 5) is 26.1. The molecule has 3 rings (SSSR count). The van der Waals surface area contributed by atoms with Crippen LogP contribution >= 0.6 is 11.8 Å². The van der Waals surface area contributed by atoms with E-state index in [9.17, 15) is 18.0 Å². The van der Waals surface area contributed by atoms with Crippen molar-refractivity contribution in [2.24, 2.45) is 4.40 Å². The van der Waals surface area contributed by atoms with Gasteiger partial charge in [-0.2, -0.15) is 8.42 Å². The van der Waals surface area contributed by atoms with E-state index in [0.717, 1.165) is 18.5 Å². The van der Waals surface area contributed by atoms with E-state index in [1.165, 1.54) is 23.9 Å². The predicted molar refractivity (Wildman–Crippen MR) is 129 cm³/mol. The van der Waals surface area contributed by atoms with Crippen LogP contribution in [0.4, 0.5) is 11.4 Å². The number of likely N-dealkylation sites (tertiary alicyclic amines) is 1. The van der Waals surface area contributed by atoms with Gasteiger partial charge in [0.15, 0.2) is 0 Å². The van der Waals surface area contributed by atoms with Crippen LogP contribution in [0.2, 0.25) is 0 Å². The first-order chi connectivity index (χ1) is 15.2. The van der Waals surface area contributed by atoms with Crippen LogP contribution in [0.1, 0.15) is 18.4 Å². The number of thioether (sulfide) groups is 1. The van der Waals surface area contributed by atoms with Gasteiger partial charge in [0.05, 0.1) is 16.4 Å². The number of hydrogen-bond acceptors (Lipinski definition) is 5. The van der Waals surface area contributed by atoms with E-state index in [0.29, 0.717) is 23.6 Å². The Balaban J connectivity index is 1.51. The fourth-order valence-corrected chi connectivity index (χ4v) is 4.95. The Labute approximate surface area is 192 Å². The largest absolute Gasteiger partial charge is 0.362 e. The third kappa shape index (κ3) is 6.83. The molecular weight excluding hydrogens is 448 g/mol. The quantitative estimate of drug-likeness (QED) is 0.609. The van der Waals surface area contributed by atoms with E-state index in [-0.39, 0.29) is 28.2 Å². The van der Waals surface area contributed by atoms with Crippen LogP contribution in [0.5, 0.6) is 0 Å². The van der Waals surface area contributed by atoms with E-state index in [2.05, 4.69) is 15.0 Å². The highest BCUT2D eigenvalue weighted by atomic mass is 32.2. The van der Waals surface area contributed by atoms with Crippen LogP contribution in [0.3, 0.4) is 0 Å². The van der Waals surface area contributed by atoms with E-state index >= 15 is 0 Å². The molecule has 1 aliphatic heterocycles. The first-order valence-electron chi connectivity index (χ1n) is 10.1. The van der Waals surface area contributed by atoms with Gasteiger partial charge in [-0.25, -0.2) is 0 Å². The molecule has 8 nitrogen and oxygen atoms in total. The van der Waals surface area contributed by atoms with Gasteiger partial charge in [-0.3, -0.25) is 9.59 Å². The smallest absolute Gasteiger partial charge is 0.284 e. The summed E-state index contributed by atoms with van der Waals surface area (Å²) in [7, 11) is -2.04. The number of nitrogens with zero attached hydrogens (tertiary/aromatic N) is 2. The van der Waals surface area contributed by atoms with E-state index in [4.69, 9.17) is 0 Å². The second-order valence-corrected chi connectivity index (χ2v) is 10.1. The minimum Gasteiger partial charge on any atom is -0.362 e. The molecule has 0 atom stereocenters. The summed E-state index contributed by atoms with van der Waals surface area (Å²) in [6.07, 6.45) is 1.50. The lowest BCUT2D eigenvalue weighted by Gasteiger charge is -2.11. The number of nitrogens with one attached hydrogen (secondary N) is 2. The van der Waals surface area contributed by atoms with E-state index < -0.39 is 10.0 Å². The van der Waals surface area contributed by atoms with Crippen LogP contribution in [0.15, 0.2) is 57.8 Å². The van der Waals surface area contributed by atoms with Gasteiger partial charge in [0.1, 0.15) is 5.84 Å². The van der Waals surface area contributed by atoms with Crippen LogP contribution in [-0.2, 0) is 19.6 Å². The molecule has 0 spiro atoms.